The molecule has 0 bridgehead atoms. The van der Waals surface area contributed by atoms with Crippen molar-refractivity contribution in [3.63, 3.8) is 0 Å². The lowest BCUT2D eigenvalue weighted by Crippen LogP contribution is -2.46. The first-order valence-corrected chi connectivity index (χ1v) is 9.26. The second-order valence-corrected chi connectivity index (χ2v) is 6.86. The van der Waals surface area contributed by atoms with E-state index in [0.29, 0.717) is 23.4 Å². The summed E-state index contributed by atoms with van der Waals surface area (Å²) in [4.78, 5) is 14.7. The number of hydrogen-bond acceptors (Lipinski definition) is 4. The minimum Gasteiger partial charge on any atom is -0.495 e. The molecule has 2 amide bonds. The van der Waals surface area contributed by atoms with E-state index in [4.69, 9.17) is 9.47 Å². The van der Waals surface area contributed by atoms with E-state index in [2.05, 4.69) is 15.5 Å². The summed E-state index contributed by atoms with van der Waals surface area (Å²) in [6, 6.07) is 7.96. The Morgan fingerprint density at radius 2 is 1.92 bits per heavy atom. The van der Waals surface area contributed by atoms with Crippen LogP contribution in [0.25, 0.3) is 0 Å². The van der Waals surface area contributed by atoms with Gasteiger partial charge in [-0.25, -0.2) is 4.79 Å². The maximum Gasteiger partial charge on any atom is 0.319 e. The Morgan fingerprint density at radius 1 is 1.20 bits per heavy atom. The summed E-state index contributed by atoms with van der Waals surface area (Å²) >= 11 is 0. The summed E-state index contributed by atoms with van der Waals surface area (Å²) in [5, 5.41) is 5.86. The second kappa shape index (κ2) is 9.06. The number of likely N-dealkylation sites (tertiary alicyclic amines) is 1. The van der Waals surface area contributed by atoms with Crippen LogP contribution in [-0.4, -0.2) is 56.9 Å². The summed E-state index contributed by atoms with van der Waals surface area (Å²) < 4.78 is 10.7. The van der Waals surface area contributed by atoms with Gasteiger partial charge in [-0.05, 0) is 56.8 Å². The van der Waals surface area contributed by atoms with E-state index in [1.807, 2.05) is 24.3 Å². The second-order valence-electron chi connectivity index (χ2n) is 6.86. The number of urea groups is 1. The fraction of sp³-hybridized carbons (Fsp3) is 0.632. The van der Waals surface area contributed by atoms with Crippen molar-refractivity contribution in [3.05, 3.63) is 24.3 Å². The molecule has 138 valence electrons. The van der Waals surface area contributed by atoms with Gasteiger partial charge in [0.15, 0.2) is 0 Å². The van der Waals surface area contributed by atoms with Gasteiger partial charge in [0.1, 0.15) is 5.75 Å². The Hall–Kier alpha value is -1.79. The number of piperidine rings is 1. The van der Waals surface area contributed by atoms with Crippen LogP contribution in [0.2, 0.25) is 0 Å². The minimum atomic E-state index is -0.170. The Kier molecular flexibility index (Phi) is 6.53. The summed E-state index contributed by atoms with van der Waals surface area (Å²) in [6.07, 6.45) is 4.60. The molecule has 2 aliphatic rings. The van der Waals surface area contributed by atoms with Gasteiger partial charge in [-0.1, -0.05) is 12.1 Å². The van der Waals surface area contributed by atoms with Crippen molar-refractivity contribution in [2.24, 2.45) is 5.92 Å². The highest BCUT2D eigenvalue weighted by atomic mass is 16.5. The molecule has 2 fully saturated rings. The quantitative estimate of drug-likeness (QED) is 0.860. The Morgan fingerprint density at radius 3 is 2.64 bits per heavy atom. The van der Waals surface area contributed by atoms with Crippen molar-refractivity contribution in [2.45, 2.75) is 31.7 Å². The lowest BCUT2D eigenvalue weighted by atomic mass is 9.94. The molecule has 1 aromatic carbocycles. The molecule has 0 atom stereocenters. The number of benzene rings is 1. The molecule has 2 aliphatic heterocycles. The van der Waals surface area contributed by atoms with Crippen molar-refractivity contribution in [1.29, 1.82) is 0 Å². The number of amides is 2. The van der Waals surface area contributed by atoms with E-state index < -0.39 is 0 Å². The predicted octanol–water partition coefficient (Wildman–Crippen LogP) is 2.71. The maximum atomic E-state index is 12.1. The molecule has 0 unspecified atom stereocenters. The number of hydrogen-bond donors (Lipinski definition) is 2. The Bertz CT molecular complexity index is 553. The van der Waals surface area contributed by atoms with Gasteiger partial charge in [0.05, 0.1) is 12.8 Å². The SMILES string of the molecule is COc1ccccc1NC(=O)NCC1CCN(C2CCOCC2)CC1. The van der Waals surface area contributed by atoms with Crippen molar-refractivity contribution in [2.75, 3.05) is 45.3 Å². The zero-order chi connectivity index (χ0) is 17.5. The largest absolute Gasteiger partial charge is 0.495 e. The van der Waals surface area contributed by atoms with Crippen LogP contribution in [0.1, 0.15) is 25.7 Å². The third kappa shape index (κ3) is 5.09. The van der Waals surface area contributed by atoms with Gasteiger partial charge < -0.3 is 25.0 Å². The highest BCUT2D eigenvalue weighted by Crippen LogP contribution is 2.24. The fourth-order valence-electron chi connectivity index (χ4n) is 3.72. The molecule has 0 aromatic heterocycles. The topological polar surface area (TPSA) is 62.8 Å². The molecule has 1 aromatic rings. The van der Waals surface area contributed by atoms with Crippen LogP contribution in [0, 0.1) is 5.92 Å². The molecule has 2 saturated heterocycles. The molecule has 25 heavy (non-hydrogen) atoms. The van der Waals surface area contributed by atoms with Gasteiger partial charge in [-0.3, -0.25) is 0 Å². The van der Waals surface area contributed by atoms with Crippen molar-refractivity contribution in [3.8, 4) is 5.75 Å². The number of nitrogens with one attached hydrogen (secondary N) is 2. The first-order valence-electron chi connectivity index (χ1n) is 9.26. The smallest absolute Gasteiger partial charge is 0.319 e. The van der Waals surface area contributed by atoms with Gasteiger partial charge in [-0.15, -0.1) is 0 Å². The number of carbonyl (C=O) groups is 1. The summed E-state index contributed by atoms with van der Waals surface area (Å²) in [5.41, 5.74) is 0.692. The van der Waals surface area contributed by atoms with Crippen molar-refractivity contribution < 1.29 is 14.3 Å². The molecule has 0 radical (unpaired) electrons. The number of carbonyl (C=O) groups excluding carboxylic acids is 1. The summed E-state index contributed by atoms with van der Waals surface area (Å²) in [6.45, 7) is 4.78. The van der Waals surface area contributed by atoms with Gasteiger partial charge in [0.2, 0.25) is 0 Å². The molecule has 2 N–H and O–H groups in total. The highest BCUT2D eigenvalue weighted by molar-refractivity contribution is 5.90. The van der Waals surface area contributed by atoms with Crippen LogP contribution < -0.4 is 15.4 Å². The van der Waals surface area contributed by atoms with E-state index in [0.717, 1.165) is 58.5 Å². The third-order valence-electron chi connectivity index (χ3n) is 5.26. The summed E-state index contributed by atoms with van der Waals surface area (Å²) in [5.74, 6) is 1.22. The lowest BCUT2D eigenvalue weighted by Gasteiger charge is -2.39. The molecular formula is C19H29N3O3. The molecule has 0 saturated carbocycles. The number of anilines is 1. The highest BCUT2D eigenvalue weighted by Gasteiger charge is 2.26. The number of ether oxygens (including phenoxy) is 2. The van der Waals surface area contributed by atoms with Crippen LogP contribution in [0.4, 0.5) is 10.5 Å². The van der Waals surface area contributed by atoms with Crippen molar-refractivity contribution >= 4 is 11.7 Å². The first-order chi connectivity index (χ1) is 12.3. The number of para-hydroxylation sites is 2. The Balaban J connectivity index is 1.38. The zero-order valence-electron chi connectivity index (χ0n) is 15.0. The van der Waals surface area contributed by atoms with Crippen molar-refractivity contribution in [1.82, 2.24) is 10.2 Å². The molecule has 2 heterocycles. The lowest BCUT2D eigenvalue weighted by molar-refractivity contribution is 0.0213. The average Bonchev–Trinajstić information content (AvgIpc) is 2.68. The molecule has 0 spiro atoms. The maximum absolute atomic E-state index is 12.1. The minimum absolute atomic E-state index is 0.170. The van der Waals surface area contributed by atoms with Crippen LogP contribution in [0.3, 0.4) is 0 Å². The fourth-order valence-corrected chi connectivity index (χ4v) is 3.72. The predicted molar refractivity (Wildman–Crippen MR) is 98.2 cm³/mol. The Labute approximate surface area is 149 Å². The molecule has 6 nitrogen and oxygen atoms in total. The van der Waals surface area contributed by atoms with Crippen LogP contribution >= 0.6 is 0 Å². The number of methoxy groups -OCH3 is 1. The van der Waals surface area contributed by atoms with E-state index in [-0.39, 0.29) is 6.03 Å². The third-order valence-corrected chi connectivity index (χ3v) is 5.26. The van der Waals surface area contributed by atoms with Crippen LogP contribution in [0.15, 0.2) is 24.3 Å². The van der Waals surface area contributed by atoms with E-state index in [1.54, 1.807) is 7.11 Å². The van der Waals surface area contributed by atoms with E-state index >= 15 is 0 Å². The van der Waals surface area contributed by atoms with Crippen LogP contribution in [0.5, 0.6) is 5.75 Å². The standard InChI is InChI=1S/C19H29N3O3/c1-24-18-5-3-2-4-17(18)21-19(23)20-14-15-6-10-22(11-7-15)16-8-12-25-13-9-16/h2-5,15-16H,6-14H2,1H3,(H2,20,21,23). The van der Waals surface area contributed by atoms with E-state index in [1.165, 1.54) is 0 Å². The molecule has 3 rings (SSSR count). The number of nitrogens with zero attached hydrogens (tertiary/aromatic N) is 1. The van der Waals surface area contributed by atoms with Gasteiger partial charge >= 0.3 is 6.03 Å². The average molecular weight is 347 g/mol. The van der Waals surface area contributed by atoms with Gasteiger partial charge in [0.25, 0.3) is 0 Å². The zero-order valence-corrected chi connectivity index (χ0v) is 15.0. The summed E-state index contributed by atoms with van der Waals surface area (Å²) in [7, 11) is 1.60. The first kappa shape index (κ1) is 18.0. The van der Waals surface area contributed by atoms with Gasteiger partial charge in [-0.2, -0.15) is 0 Å². The molecule has 0 aliphatic carbocycles. The normalized spacial score (nSPS) is 20.2. The van der Waals surface area contributed by atoms with Crippen LogP contribution in [-0.2, 0) is 4.74 Å². The van der Waals surface area contributed by atoms with Gasteiger partial charge in [0, 0.05) is 25.8 Å². The molecular weight excluding hydrogens is 318 g/mol. The van der Waals surface area contributed by atoms with E-state index in [9.17, 15) is 4.79 Å². The monoisotopic (exact) mass is 347 g/mol. The number of rotatable bonds is 5. The molecule has 6 heteroatoms.